The van der Waals surface area contributed by atoms with Crippen molar-refractivity contribution in [2.24, 2.45) is 0 Å². The highest BCUT2D eigenvalue weighted by molar-refractivity contribution is 5.44. The lowest BCUT2D eigenvalue weighted by molar-refractivity contribution is 0.880. The fourth-order valence-corrected chi connectivity index (χ4v) is 1.73. The molecule has 2 N–H and O–H groups in total. The van der Waals surface area contributed by atoms with Gasteiger partial charge in [0.25, 0.3) is 0 Å². The number of nitrogen functional groups attached to an aromatic ring is 1. The molecule has 0 aliphatic heterocycles. The molecular formula is C12H13N3. The van der Waals surface area contributed by atoms with Crippen LogP contribution in [-0.2, 0) is 0 Å². The molecule has 1 aliphatic rings. The standard InChI is InChI=1S/C12H13N3/c13-11-3-5-12(6-4-11)15-8-10(7-14-15)9-1-2-9/h3-9H,1-2,13H2. The Hall–Kier alpha value is -1.77. The number of nitrogens with two attached hydrogens (primary N) is 1. The van der Waals surface area contributed by atoms with Crippen LogP contribution in [0.1, 0.15) is 24.3 Å². The van der Waals surface area contributed by atoms with E-state index < -0.39 is 0 Å². The predicted molar refractivity (Wildman–Crippen MR) is 60.0 cm³/mol. The van der Waals surface area contributed by atoms with Crippen LogP contribution >= 0.6 is 0 Å². The number of hydrogen-bond donors (Lipinski definition) is 1. The van der Waals surface area contributed by atoms with E-state index in [1.54, 1.807) is 0 Å². The SMILES string of the molecule is Nc1ccc(-n2cc(C3CC3)cn2)cc1. The summed E-state index contributed by atoms with van der Waals surface area (Å²) in [6.45, 7) is 0. The van der Waals surface area contributed by atoms with Gasteiger partial charge in [-0.05, 0) is 48.6 Å². The van der Waals surface area contributed by atoms with Gasteiger partial charge in [-0.15, -0.1) is 0 Å². The number of hydrogen-bond acceptors (Lipinski definition) is 2. The number of rotatable bonds is 2. The highest BCUT2D eigenvalue weighted by Gasteiger charge is 2.24. The zero-order chi connectivity index (χ0) is 10.3. The Labute approximate surface area is 88.5 Å². The van der Waals surface area contributed by atoms with Crippen molar-refractivity contribution in [3.05, 3.63) is 42.2 Å². The third-order valence-electron chi connectivity index (χ3n) is 2.81. The average molecular weight is 199 g/mol. The van der Waals surface area contributed by atoms with E-state index in [0.717, 1.165) is 17.3 Å². The molecule has 0 unspecified atom stereocenters. The Balaban J connectivity index is 1.93. The van der Waals surface area contributed by atoms with Crippen molar-refractivity contribution in [2.75, 3.05) is 5.73 Å². The van der Waals surface area contributed by atoms with Gasteiger partial charge in [-0.25, -0.2) is 4.68 Å². The van der Waals surface area contributed by atoms with Crippen LogP contribution in [0.2, 0.25) is 0 Å². The van der Waals surface area contributed by atoms with Crippen molar-refractivity contribution in [3.63, 3.8) is 0 Å². The molecule has 1 aromatic carbocycles. The maximum absolute atomic E-state index is 5.64. The topological polar surface area (TPSA) is 43.8 Å². The van der Waals surface area contributed by atoms with Crippen LogP contribution in [0.25, 0.3) is 5.69 Å². The molecule has 2 aromatic rings. The van der Waals surface area contributed by atoms with Crippen LogP contribution in [-0.4, -0.2) is 9.78 Å². The zero-order valence-corrected chi connectivity index (χ0v) is 8.43. The van der Waals surface area contributed by atoms with Crippen molar-refractivity contribution >= 4 is 5.69 Å². The summed E-state index contributed by atoms with van der Waals surface area (Å²) in [7, 11) is 0. The minimum atomic E-state index is 0.757. The van der Waals surface area contributed by atoms with Gasteiger partial charge in [0.1, 0.15) is 0 Å². The molecule has 1 fully saturated rings. The smallest absolute Gasteiger partial charge is 0.0647 e. The summed E-state index contributed by atoms with van der Waals surface area (Å²) in [5, 5.41) is 4.35. The van der Waals surface area contributed by atoms with Gasteiger partial charge in [-0.2, -0.15) is 5.10 Å². The quantitative estimate of drug-likeness (QED) is 0.754. The summed E-state index contributed by atoms with van der Waals surface area (Å²) >= 11 is 0. The van der Waals surface area contributed by atoms with Gasteiger partial charge in [0.15, 0.2) is 0 Å². The summed E-state index contributed by atoms with van der Waals surface area (Å²) < 4.78 is 1.91. The van der Waals surface area contributed by atoms with E-state index >= 15 is 0 Å². The van der Waals surface area contributed by atoms with Crippen LogP contribution < -0.4 is 5.73 Å². The minimum Gasteiger partial charge on any atom is -0.399 e. The van der Waals surface area contributed by atoms with Crippen molar-refractivity contribution in [1.29, 1.82) is 0 Å². The summed E-state index contributed by atoms with van der Waals surface area (Å²) in [4.78, 5) is 0. The third kappa shape index (κ3) is 1.61. The number of aromatic nitrogens is 2. The molecule has 1 saturated carbocycles. The summed E-state index contributed by atoms with van der Waals surface area (Å²) in [5.41, 5.74) is 8.84. The first-order valence-electron chi connectivity index (χ1n) is 5.23. The lowest BCUT2D eigenvalue weighted by Crippen LogP contribution is -1.94. The highest BCUT2D eigenvalue weighted by atomic mass is 15.3. The fraction of sp³-hybridized carbons (Fsp3) is 0.250. The van der Waals surface area contributed by atoms with Gasteiger partial charge in [0.2, 0.25) is 0 Å². The van der Waals surface area contributed by atoms with E-state index in [-0.39, 0.29) is 0 Å². The molecule has 0 amide bonds. The largest absolute Gasteiger partial charge is 0.399 e. The minimum absolute atomic E-state index is 0.757. The van der Waals surface area contributed by atoms with Gasteiger partial charge in [-0.1, -0.05) is 0 Å². The second-order valence-corrected chi connectivity index (χ2v) is 4.08. The molecule has 15 heavy (non-hydrogen) atoms. The molecule has 1 heterocycles. The van der Waals surface area contributed by atoms with E-state index in [4.69, 9.17) is 5.73 Å². The molecular weight excluding hydrogens is 186 g/mol. The van der Waals surface area contributed by atoms with Crippen LogP contribution in [0.15, 0.2) is 36.7 Å². The second kappa shape index (κ2) is 3.12. The molecule has 0 saturated heterocycles. The van der Waals surface area contributed by atoms with Crippen LogP contribution in [0.5, 0.6) is 0 Å². The number of nitrogens with zero attached hydrogens (tertiary/aromatic N) is 2. The second-order valence-electron chi connectivity index (χ2n) is 4.08. The van der Waals surface area contributed by atoms with Crippen LogP contribution in [0, 0.1) is 0 Å². The van der Waals surface area contributed by atoms with Gasteiger partial charge in [0, 0.05) is 11.9 Å². The molecule has 3 rings (SSSR count). The van der Waals surface area contributed by atoms with E-state index in [9.17, 15) is 0 Å². The maximum Gasteiger partial charge on any atom is 0.0647 e. The predicted octanol–water partition coefficient (Wildman–Crippen LogP) is 2.33. The lowest BCUT2D eigenvalue weighted by atomic mass is 10.2. The molecule has 1 aliphatic carbocycles. The van der Waals surface area contributed by atoms with Crippen molar-refractivity contribution in [2.45, 2.75) is 18.8 Å². The maximum atomic E-state index is 5.64. The van der Waals surface area contributed by atoms with Gasteiger partial charge < -0.3 is 5.73 Å². The van der Waals surface area contributed by atoms with Crippen LogP contribution in [0.3, 0.4) is 0 Å². The third-order valence-corrected chi connectivity index (χ3v) is 2.81. The molecule has 3 nitrogen and oxygen atoms in total. The summed E-state index contributed by atoms with van der Waals surface area (Å²) in [5.74, 6) is 0.757. The van der Waals surface area contributed by atoms with E-state index in [1.807, 2.05) is 35.1 Å². The Kier molecular flexibility index (Phi) is 1.78. The van der Waals surface area contributed by atoms with Crippen molar-refractivity contribution < 1.29 is 0 Å². The van der Waals surface area contributed by atoms with Gasteiger partial charge >= 0.3 is 0 Å². The first kappa shape index (κ1) is 8.53. The van der Waals surface area contributed by atoms with E-state index in [1.165, 1.54) is 18.4 Å². The highest BCUT2D eigenvalue weighted by Crippen LogP contribution is 2.39. The number of benzene rings is 1. The average Bonchev–Trinajstić information content (AvgIpc) is 2.99. The molecule has 76 valence electrons. The first-order valence-corrected chi connectivity index (χ1v) is 5.23. The monoisotopic (exact) mass is 199 g/mol. The Bertz CT molecular complexity index is 466. The molecule has 0 atom stereocenters. The molecule has 0 bridgehead atoms. The summed E-state index contributed by atoms with van der Waals surface area (Å²) in [6.07, 6.45) is 6.71. The lowest BCUT2D eigenvalue weighted by Gasteiger charge is -2.00. The fourth-order valence-electron chi connectivity index (χ4n) is 1.73. The van der Waals surface area contributed by atoms with Gasteiger partial charge in [0.05, 0.1) is 11.9 Å². The molecule has 1 aromatic heterocycles. The first-order chi connectivity index (χ1) is 7.33. The van der Waals surface area contributed by atoms with Gasteiger partial charge in [-0.3, -0.25) is 0 Å². The molecule has 0 spiro atoms. The van der Waals surface area contributed by atoms with E-state index in [2.05, 4.69) is 11.3 Å². The number of anilines is 1. The van der Waals surface area contributed by atoms with Crippen LogP contribution in [0.4, 0.5) is 5.69 Å². The molecule has 3 heteroatoms. The normalized spacial score (nSPS) is 15.5. The Morgan fingerprint density at radius 3 is 2.60 bits per heavy atom. The Morgan fingerprint density at radius 2 is 1.93 bits per heavy atom. The molecule has 0 radical (unpaired) electrons. The summed E-state index contributed by atoms with van der Waals surface area (Å²) in [6, 6.07) is 7.76. The van der Waals surface area contributed by atoms with Crippen molar-refractivity contribution in [1.82, 2.24) is 9.78 Å². The van der Waals surface area contributed by atoms with E-state index in [0.29, 0.717) is 0 Å². The zero-order valence-electron chi connectivity index (χ0n) is 8.43. The Morgan fingerprint density at radius 1 is 1.20 bits per heavy atom. The van der Waals surface area contributed by atoms with Crippen molar-refractivity contribution in [3.8, 4) is 5.69 Å².